The van der Waals surface area contributed by atoms with E-state index in [9.17, 15) is 14.7 Å². The Balaban J connectivity index is 1.41. The Kier molecular flexibility index (Phi) is 7.51. The quantitative estimate of drug-likeness (QED) is 0.535. The summed E-state index contributed by atoms with van der Waals surface area (Å²) in [4.78, 5) is 30.6. The summed E-state index contributed by atoms with van der Waals surface area (Å²) >= 11 is 0. The van der Waals surface area contributed by atoms with Crippen molar-refractivity contribution in [1.82, 2.24) is 9.88 Å². The number of ether oxygens (including phenoxy) is 2. The van der Waals surface area contributed by atoms with Crippen LogP contribution in [0.2, 0.25) is 0 Å². The molecule has 0 unspecified atom stereocenters. The molecule has 1 aliphatic rings. The zero-order valence-electron chi connectivity index (χ0n) is 18.9. The van der Waals surface area contributed by atoms with Crippen LogP contribution >= 0.6 is 0 Å². The summed E-state index contributed by atoms with van der Waals surface area (Å²) in [7, 11) is 1.60. The number of benzene rings is 2. The standard InChI is InChI=1S/C26H27N3O5/c1-33-22-8-2-18(3-9-22)14-24(31)28-21-6-4-20(5-7-21)26-23(16-30)29(25(32)17-34-26)15-19-10-12-27-13-11-19/h2-13,23,26,30H,14-17H2,1H3,(H,28,31)/t23-,26-/m1/s1. The maximum Gasteiger partial charge on any atom is 0.249 e. The predicted octanol–water partition coefficient (Wildman–Crippen LogP) is 2.73. The number of hydrogen-bond donors (Lipinski definition) is 2. The molecule has 1 fully saturated rings. The molecule has 1 aliphatic heterocycles. The van der Waals surface area contributed by atoms with Crippen LogP contribution in [-0.4, -0.2) is 53.2 Å². The van der Waals surface area contributed by atoms with Crippen LogP contribution in [0, 0.1) is 0 Å². The van der Waals surface area contributed by atoms with Gasteiger partial charge in [-0.15, -0.1) is 0 Å². The second-order valence-corrected chi connectivity index (χ2v) is 8.05. The third-order valence-corrected chi connectivity index (χ3v) is 5.79. The minimum absolute atomic E-state index is 0.0629. The predicted molar refractivity (Wildman–Crippen MR) is 126 cm³/mol. The van der Waals surface area contributed by atoms with E-state index in [0.29, 0.717) is 12.2 Å². The van der Waals surface area contributed by atoms with Crippen molar-refractivity contribution in [2.24, 2.45) is 0 Å². The van der Waals surface area contributed by atoms with E-state index in [1.54, 1.807) is 36.5 Å². The summed E-state index contributed by atoms with van der Waals surface area (Å²) < 4.78 is 10.9. The Morgan fingerprint density at radius 1 is 1.09 bits per heavy atom. The molecule has 8 nitrogen and oxygen atoms in total. The molecule has 0 spiro atoms. The normalized spacial score (nSPS) is 17.9. The lowest BCUT2D eigenvalue weighted by atomic mass is 9.98. The average Bonchev–Trinajstić information content (AvgIpc) is 2.87. The van der Waals surface area contributed by atoms with Gasteiger partial charge in [0.15, 0.2) is 0 Å². The molecule has 8 heteroatoms. The number of nitrogens with one attached hydrogen (secondary N) is 1. The molecule has 176 valence electrons. The highest BCUT2D eigenvalue weighted by molar-refractivity contribution is 5.92. The van der Waals surface area contributed by atoms with Crippen LogP contribution in [0.4, 0.5) is 5.69 Å². The first-order chi connectivity index (χ1) is 16.6. The summed E-state index contributed by atoms with van der Waals surface area (Å²) in [5, 5.41) is 13.0. The average molecular weight is 462 g/mol. The van der Waals surface area contributed by atoms with Gasteiger partial charge >= 0.3 is 0 Å². The fraction of sp³-hybridized carbons (Fsp3) is 0.269. The first-order valence-corrected chi connectivity index (χ1v) is 11.0. The van der Waals surface area contributed by atoms with Gasteiger partial charge in [-0.05, 0) is 53.1 Å². The van der Waals surface area contributed by atoms with Gasteiger partial charge in [-0.25, -0.2) is 0 Å². The fourth-order valence-corrected chi connectivity index (χ4v) is 4.00. The molecule has 2 amide bonds. The summed E-state index contributed by atoms with van der Waals surface area (Å²) in [5.74, 6) is 0.440. The van der Waals surface area contributed by atoms with E-state index in [2.05, 4.69) is 10.3 Å². The smallest absolute Gasteiger partial charge is 0.249 e. The molecule has 2 N–H and O–H groups in total. The zero-order chi connectivity index (χ0) is 23.9. The number of carbonyl (C=O) groups is 2. The number of methoxy groups -OCH3 is 1. The Morgan fingerprint density at radius 3 is 2.44 bits per heavy atom. The SMILES string of the molecule is COc1ccc(CC(=O)Nc2ccc([C@H]3OCC(=O)N(Cc4ccncc4)[C@@H]3CO)cc2)cc1. The second-order valence-electron chi connectivity index (χ2n) is 8.05. The number of nitrogens with zero attached hydrogens (tertiary/aromatic N) is 2. The monoisotopic (exact) mass is 461 g/mol. The van der Waals surface area contributed by atoms with Gasteiger partial charge in [0.1, 0.15) is 18.5 Å². The van der Waals surface area contributed by atoms with Crippen molar-refractivity contribution in [3.63, 3.8) is 0 Å². The molecule has 3 aromatic rings. The van der Waals surface area contributed by atoms with Crippen LogP contribution < -0.4 is 10.1 Å². The molecule has 2 aromatic carbocycles. The van der Waals surface area contributed by atoms with Crippen molar-refractivity contribution in [1.29, 1.82) is 0 Å². The first kappa shape index (κ1) is 23.4. The lowest BCUT2D eigenvalue weighted by Gasteiger charge is -2.40. The van der Waals surface area contributed by atoms with Gasteiger partial charge in [0.2, 0.25) is 11.8 Å². The number of morpholine rings is 1. The minimum Gasteiger partial charge on any atom is -0.497 e. The van der Waals surface area contributed by atoms with Crippen LogP contribution in [0.25, 0.3) is 0 Å². The highest BCUT2D eigenvalue weighted by Crippen LogP contribution is 2.31. The third kappa shape index (κ3) is 5.59. The van der Waals surface area contributed by atoms with Crippen molar-refractivity contribution in [3.05, 3.63) is 89.7 Å². The number of pyridine rings is 1. The van der Waals surface area contributed by atoms with Crippen LogP contribution in [0.15, 0.2) is 73.1 Å². The lowest BCUT2D eigenvalue weighted by molar-refractivity contribution is -0.162. The number of carbonyl (C=O) groups excluding carboxylic acids is 2. The maximum atomic E-state index is 12.5. The molecule has 2 atom stereocenters. The fourth-order valence-electron chi connectivity index (χ4n) is 4.00. The molecule has 34 heavy (non-hydrogen) atoms. The molecule has 0 bridgehead atoms. The molecule has 4 rings (SSSR count). The molecular weight excluding hydrogens is 434 g/mol. The van der Waals surface area contributed by atoms with Crippen molar-refractivity contribution in [2.75, 3.05) is 25.6 Å². The molecule has 0 radical (unpaired) electrons. The second kappa shape index (κ2) is 10.9. The number of amides is 2. The van der Waals surface area contributed by atoms with E-state index in [4.69, 9.17) is 9.47 Å². The van der Waals surface area contributed by atoms with E-state index in [1.165, 1.54) is 0 Å². The first-order valence-electron chi connectivity index (χ1n) is 11.0. The lowest BCUT2D eigenvalue weighted by Crippen LogP contribution is -2.52. The molecule has 2 heterocycles. The van der Waals surface area contributed by atoms with Gasteiger partial charge in [0, 0.05) is 24.6 Å². The number of anilines is 1. The van der Waals surface area contributed by atoms with Crippen molar-refractivity contribution in [2.45, 2.75) is 25.1 Å². The van der Waals surface area contributed by atoms with Gasteiger partial charge < -0.3 is 24.8 Å². The van der Waals surface area contributed by atoms with Crippen LogP contribution in [0.3, 0.4) is 0 Å². The Morgan fingerprint density at radius 2 is 1.79 bits per heavy atom. The van der Waals surface area contributed by atoms with Crippen LogP contribution in [0.5, 0.6) is 5.75 Å². The van der Waals surface area contributed by atoms with Gasteiger partial charge in [-0.1, -0.05) is 24.3 Å². The molecular formula is C26H27N3O5. The van der Waals surface area contributed by atoms with Crippen LogP contribution in [-0.2, 0) is 27.3 Å². The van der Waals surface area contributed by atoms with E-state index < -0.39 is 12.1 Å². The largest absolute Gasteiger partial charge is 0.497 e. The summed E-state index contributed by atoms with van der Waals surface area (Å²) in [6.07, 6.45) is 3.12. The molecule has 0 saturated carbocycles. The van der Waals surface area contributed by atoms with Gasteiger partial charge in [-0.3, -0.25) is 14.6 Å². The summed E-state index contributed by atoms with van der Waals surface area (Å²) in [5.41, 5.74) is 3.29. The van der Waals surface area contributed by atoms with E-state index in [0.717, 1.165) is 22.4 Å². The topological polar surface area (TPSA) is 101 Å². The summed E-state index contributed by atoms with van der Waals surface area (Å²) in [6.45, 7) is 0.0698. The van der Waals surface area contributed by atoms with Crippen molar-refractivity contribution in [3.8, 4) is 5.75 Å². The molecule has 0 aliphatic carbocycles. The maximum absolute atomic E-state index is 12.5. The molecule has 1 aromatic heterocycles. The number of aliphatic hydroxyl groups excluding tert-OH is 1. The van der Waals surface area contributed by atoms with Gasteiger partial charge in [0.05, 0.1) is 26.2 Å². The highest BCUT2D eigenvalue weighted by Gasteiger charge is 2.37. The van der Waals surface area contributed by atoms with Gasteiger partial charge in [0.25, 0.3) is 0 Å². The number of rotatable bonds is 8. The minimum atomic E-state index is -0.523. The number of hydrogen-bond acceptors (Lipinski definition) is 6. The molecule has 1 saturated heterocycles. The number of aromatic nitrogens is 1. The summed E-state index contributed by atoms with van der Waals surface area (Å²) in [6, 6.07) is 17.8. The van der Waals surface area contributed by atoms with E-state index >= 15 is 0 Å². The third-order valence-electron chi connectivity index (χ3n) is 5.79. The Bertz CT molecular complexity index is 1100. The van der Waals surface area contributed by atoms with Gasteiger partial charge in [-0.2, -0.15) is 0 Å². The zero-order valence-corrected chi connectivity index (χ0v) is 18.9. The van der Waals surface area contributed by atoms with Crippen LogP contribution in [0.1, 0.15) is 22.8 Å². The highest BCUT2D eigenvalue weighted by atomic mass is 16.5. The van der Waals surface area contributed by atoms with Crippen molar-refractivity contribution < 1.29 is 24.2 Å². The van der Waals surface area contributed by atoms with E-state index in [-0.39, 0.29) is 31.4 Å². The van der Waals surface area contributed by atoms with E-state index in [1.807, 2.05) is 48.5 Å². The van der Waals surface area contributed by atoms with Crippen molar-refractivity contribution >= 4 is 17.5 Å². The Hall–Kier alpha value is -3.75. The Labute approximate surface area is 198 Å². The number of aliphatic hydroxyl groups is 1.